The van der Waals surface area contributed by atoms with Crippen LogP contribution in [0.4, 0.5) is 4.39 Å². The van der Waals surface area contributed by atoms with Gasteiger partial charge in [0, 0.05) is 18.0 Å². The van der Waals surface area contributed by atoms with Gasteiger partial charge < -0.3 is 14.6 Å². The second-order valence-corrected chi connectivity index (χ2v) is 8.12. The third kappa shape index (κ3) is 5.04. The zero-order chi connectivity index (χ0) is 22.5. The molecule has 0 radical (unpaired) electrons. The summed E-state index contributed by atoms with van der Waals surface area (Å²) in [5.74, 6) is -1.40. The van der Waals surface area contributed by atoms with Crippen LogP contribution in [0.3, 0.4) is 0 Å². The van der Waals surface area contributed by atoms with Crippen LogP contribution < -0.4 is 5.56 Å². The van der Waals surface area contributed by atoms with Gasteiger partial charge in [0.2, 0.25) is 0 Å². The van der Waals surface area contributed by atoms with Gasteiger partial charge in [-0.1, -0.05) is 49.6 Å². The van der Waals surface area contributed by atoms with E-state index in [4.69, 9.17) is 4.74 Å². The topological polar surface area (TPSA) is 79.5 Å². The van der Waals surface area contributed by atoms with Gasteiger partial charge in [-0.3, -0.25) is 9.59 Å². The van der Waals surface area contributed by atoms with E-state index in [0.717, 1.165) is 37.7 Å². The molecule has 1 heterocycles. The largest absolute Gasteiger partial charge is 0.451 e. The van der Waals surface area contributed by atoms with Gasteiger partial charge in [-0.05, 0) is 48.1 Å². The minimum Gasteiger partial charge on any atom is -0.451 e. The smallest absolute Gasteiger partial charge is 0.355 e. The molecular formula is C25H25FN2O4. The maximum Gasteiger partial charge on any atom is 0.355 e. The van der Waals surface area contributed by atoms with Gasteiger partial charge in [-0.15, -0.1) is 0 Å². The number of ether oxygens (including phenoxy) is 1. The van der Waals surface area contributed by atoms with Crippen molar-refractivity contribution in [2.24, 2.45) is 0 Å². The second-order valence-electron chi connectivity index (χ2n) is 8.12. The Balaban J connectivity index is 1.47. The first-order chi connectivity index (χ1) is 15.5. The van der Waals surface area contributed by atoms with Crippen molar-refractivity contribution in [1.82, 2.24) is 9.88 Å². The summed E-state index contributed by atoms with van der Waals surface area (Å²) in [6.45, 7) is -0.0977. The van der Waals surface area contributed by atoms with Crippen molar-refractivity contribution in [3.05, 3.63) is 82.0 Å². The number of halogens is 1. The number of fused-ring (bicyclic) bond motifs is 1. The number of hydrogen-bond donors (Lipinski definition) is 1. The molecule has 1 N–H and O–H groups in total. The number of benzene rings is 2. The molecule has 1 aromatic heterocycles. The van der Waals surface area contributed by atoms with Gasteiger partial charge in [-0.25, -0.2) is 9.18 Å². The van der Waals surface area contributed by atoms with E-state index in [9.17, 15) is 18.8 Å². The SMILES string of the molecule is O=C(OCC(=O)N(Cc1ccc(F)cc1)C1CCCCC1)c1cc2ccccc2c(=O)[nH]1. The molecule has 1 amide bonds. The zero-order valence-electron chi connectivity index (χ0n) is 17.7. The maximum atomic E-state index is 13.3. The number of rotatable bonds is 6. The van der Waals surface area contributed by atoms with E-state index < -0.39 is 12.6 Å². The van der Waals surface area contributed by atoms with Gasteiger partial charge in [-0.2, -0.15) is 0 Å². The molecule has 2 aromatic carbocycles. The molecule has 0 aliphatic heterocycles. The molecule has 166 valence electrons. The average Bonchev–Trinajstić information content (AvgIpc) is 2.82. The minimum atomic E-state index is -0.758. The van der Waals surface area contributed by atoms with Crippen LogP contribution in [0.15, 0.2) is 59.4 Å². The van der Waals surface area contributed by atoms with Gasteiger partial charge in [0.05, 0.1) is 0 Å². The number of aromatic amines is 1. The molecule has 3 aromatic rings. The van der Waals surface area contributed by atoms with Crippen LogP contribution in [0.1, 0.15) is 48.2 Å². The highest BCUT2D eigenvalue weighted by Gasteiger charge is 2.26. The van der Waals surface area contributed by atoms with Crippen LogP contribution in [0, 0.1) is 5.82 Å². The quantitative estimate of drug-likeness (QED) is 0.588. The van der Waals surface area contributed by atoms with E-state index in [0.29, 0.717) is 17.3 Å². The summed E-state index contributed by atoms with van der Waals surface area (Å²) >= 11 is 0. The lowest BCUT2D eigenvalue weighted by Crippen LogP contribution is -2.43. The molecule has 0 atom stereocenters. The zero-order valence-corrected chi connectivity index (χ0v) is 17.7. The standard InChI is InChI=1S/C25H25FN2O4/c26-19-12-10-17(11-13-19)15-28(20-7-2-1-3-8-20)23(29)16-32-25(31)22-14-18-6-4-5-9-21(18)24(30)27-22/h4-6,9-14,20H,1-3,7-8,15-16H2,(H,27,30). The predicted octanol–water partition coefficient (Wildman–Crippen LogP) is 4.19. The number of esters is 1. The number of carbonyl (C=O) groups is 2. The molecule has 1 aliphatic carbocycles. The predicted molar refractivity (Wildman–Crippen MR) is 119 cm³/mol. The fraction of sp³-hybridized carbons (Fsp3) is 0.320. The number of nitrogens with zero attached hydrogens (tertiary/aromatic N) is 1. The maximum absolute atomic E-state index is 13.3. The van der Waals surface area contributed by atoms with Crippen LogP contribution in [-0.2, 0) is 16.1 Å². The lowest BCUT2D eigenvalue weighted by Gasteiger charge is -2.34. The Hall–Kier alpha value is -3.48. The summed E-state index contributed by atoms with van der Waals surface area (Å²) < 4.78 is 18.5. The molecule has 7 heteroatoms. The summed E-state index contributed by atoms with van der Waals surface area (Å²) in [7, 11) is 0. The molecule has 1 aliphatic rings. The molecule has 0 saturated heterocycles. The molecular weight excluding hydrogens is 411 g/mol. The fourth-order valence-electron chi connectivity index (χ4n) is 4.21. The first-order valence-corrected chi connectivity index (χ1v) is 10.8. The number of carbonyl (C=O) groups excluding carboxylic acids is 2. The van der Waals surface area contributed by atoms with Crippen molar-refractivity contribution >= 4 is 22.6 Å². The summed E-state index contributed by atoms with van der Waals surface area (Å²) in [4.78, 5) is 42.0. The van der Waals surface area contributed by atoms with Crippen LogP contribution >= 0.6 is 0 Å². The molecule has 4 rings (SSSR count). The van der Waals surface area contributed by atoms with E-state index in [-0.39, 0.29) is 29.0 Å². The first kappa shape index (κ1) is 21.7. The molecule has 0 bridgehead atoms. The van der Waals surface area contributed by atoms with Crippen LogP contribution in [0.5, 0.6) is 0 Å². The lowest BCUT2D eigenvalue weighted by molar-refractivity contribution is -0.138. The Bertz CT molecular complexity index is 1170. The van der Waals surface area contributed by atoms with E-state index >= 15 is 0 Å². The van der Waals surface area contributed by atoms with E-state index in [1.54, 1.807) is 47.4 Å². The highest BCUT2D eigenvalue weighted by molar-refractivity contribution is 5.94. The normalized spacial score (nSPS) is 14.3. The van der Waals surface area contributed by atoms with Crippen LogP contribution in [0.2, 0.25) is 0 Å². The molecule has 0 spiro atoms. The van der Waals surface area contributed by atoms with Crippen molar-refractivity contribution in [3.63, 3.8) is 0 Å². The number of pyridine rings is 1. The van der Waals surface area contributed by atoms with Crippen LogP contribution in [0.25, 0.3) is 10.8 Å². The highest BCUT2D eigenvalue weighted by Crippen LogP contribution is 2.24. The Morgan fingerprint density at radius 2 is 1.75 bits per heavy atom. The second kappa shape index (κ2) is 9.77. The number of H-pyrrole nitrogens is 1. The first-order valence-electron chi connectivity index (χ1n) is 10.8. The van der Waals surface area contributed by atoms with Crippen molar-refractivity contribution in [2.75, 3.05) is 6.61 Å². The Kier molecular flexibility index (Phi) is 6.63. The number of nitrogens with one attached hydrogen (secondary N) is 1. The molecule has 6 nitrogen and oxygen atoms in total. The van der Waals surface area contributed by atoms with E-state index in [1.165, 1.54) is 12.1 Å². The van der Waals surface area contributed by atoms with Gasteiger partial charge in [0.1, 0.15) is 11.5 Å². The number of amides is 1. The fourth-order valence-corrected chi connectivity index (χ4v) is 4.21. The van der Waals surface area contributed by atoms with Crippen molar-refractivity contribution in [3.8, 4) is 0 Å². The van der Waals surface area contributed by atoms with Crippen molar-refractivity contribution in [1.29, 1.82) is 0 Å². The third-order valence-electron chi connectivity index (χ3n) is 5.90. The van der Waals surface area contributed by atoms with Crippen LogP contribution in [-0.4, -0.2) is 34.4 Å². The van der Waals surface area contributed by atoms with Gasteiger partial charge in [0.25, 0.3) is 11.5 Å². The van der Waals surface area contributed by atoms with Gasteiger partial charge >= 0.3 is 5.97 Å². The lowest BCUT2D eigenvalue weighted by atomic mass is 9.93. The highest BCUT2D eigenvalue weighted by atomic mass is 19.1. The third-order valence-corrected chi connectivity index (χ3v) is 5.90. The Morgan fingerprint density at radius 1 is 1.03 bits per heavy atom. The van der Waals surface area contributed by atoms with Crippen molar-refractivity contribution < 1.29 is 18.7 Å². The summed E-state index contributed by atoms with van der Waals surface area (Å²) in [5.41, 5.74) is 0.432. The molecule has 1 fully saturated rings. The number of aromatic nitrogens is 1. The molecule has 0 unspecified atom stereocenters. The summed E-state index contributed by atoms with van der Waals surface area (Å²) in [5, 5.41) is 1.09. The number of hydrogen-bond acceptors (Lipinski definition) is 4. The minimum absolute atomic E-state index is 0.00394. The summed E-state index contributed by atoms with van der Waals surface area (Å²) in [6, 6.07) is 14.6. The monoisotopic (exact) mass is 436 g/mol. The van der Waals surface area contributed by atoms with Gasteiger partial charge in [0.15, 0.2) is 6.61 Å². The molecule has 1 saturated carbocycles. The van der Waals surface area contributed by atoms with Crippen molar-refractivity contribution in [2.45, 2.75) is 44.7 Å². The molecule has 32 heavy (non-hydrogen) atoms. The van der Waals surface area contributed by atoms with E-state index in [2.05, 4.69) is 4.98 Å². The average molecular weight is 436 g/mol. The Labute approximate surface area is 185 Å². The summed E-state index contributed by atoms with van der Waals surface area (Å²) in [6.07, 6.45) is 4.99. The van der Waals surface area contributed by atoms with E-state index in [1.807, 2.05) is 0 Å². The Morgan fingerprint density at radius 3 is 2.50 bits per heavy atom.